The lowest BCUT2D eigenvalue weighted by Crippen LogP contribution is -2.52. The second-order valence-electron chi connectivity index (χ2n) is 7.69. The molecule has 31 heavy (non-hydrogen) atoms. The Morgan fingerprint density at radius 2 is 2.13 bits per heavy atom. The van der Waals surface area contributed by atoms with E-state index in [0.29, 0.717) is 24.8 Å². The molecule has 0 unspecified atom stereocenters. The Kier molecular flexibility index (Phi) is 7.39. The molecule has 2 aliphatic rings. The minimum Gasteiger partial charge on any atom is -0.433 e. The Balaban J connectivity index is 1.79. The number of alkyl halides is 2. The van der Waals surface area contributed by atoms with Gasteiger partial charge in [0, 0.05) is 24.8 Å². The van der Waals surface area contributed by atoms with Crippen molar-refractivity contribution in [3.05, 3.63) is 18.2 Å². The van der Waals surface area contributed by atoms with Crippen LogP contribution in [-0.4, -0.2) is 68.6 Å². The maximum atomic E-state index is 13.0. The largest absolute Gasteiger partial charge is 0.433 e. The highest BCUT2D eigenvalue weighted by molar-refractivity contribution is 6.10. The van der Waals surface area contributed by atoms with Crippen molar-refractivity contribution < 1.29 is 32.6 Å². The summed E-state index contributed by atoms with van der Waals surface area (Å²) in [6, 6.07) is 2.81. The van der Waals surface area contributed by atoms with Gasteiger partial charge in [0.25, 0.3) is 11.8 Å². The van der Waals surface area contributed by atoms with Gasteiger partial charge in [-0.25, -0.2) is 0 Å². The van der Waals surface area contributed by atoms with Gasteiger partial charge in [0.05, 0.1) is 12.3 Å². The first-order valence-corrected chi connectivity index (χ1v) is 10.0. The van der Waals surface area contributed by atoms with E-state index >= 15 is 0 Å². The quantitative estimate of drug-likeness (QED) is 0.558. The summed E-state index contributed by atoms with van der Waals surface area (Å²) in [4.78, 5) is 39.7. The number of benzene rings is 1. The summed E-state index contributed by atoms with van der Waals surface area (Å²) >= 11 is 0. The van der Waals surface area contributed by atoms with E-state index in [1.54, 1.807) is 11.9 Å². The third-order valence-electron chi connectivity index (χ3n) is 5.47. The van der Waals surface area contributed by atoms with Gasteiger partial charge >= 0.3 is 6.61 Å². The fourth-order valence-corrected chi connectivity index (χ4v) is 3.70. The lowest BCUT2D eigenvalue weighted by molar-refractivity contribution is -0.132. The molecule has 0 spiro atoms. The van der Waals surface area contributed by atoms with Crippen LogP contribution in [0.1, 0.15) is 19.3 Å². The van der Waals surface area contributed by atoms with Crippen LogP contribution >= 0.6 is 0 Å². The molecule has 1 saturated heterocycles. The zero-order chi connectivity index (χ0) is 22.5. The third-order valence-corrected chi connectivity index (χ3v) is 5.47. The maximum Gasteiger partial charge on any atom is 0.387 e. The van der Waals surface area contributed by atoms with Crippen LogP contribution in [0, 0.1) is 5.92 Å². The van der Waals surface area contributed by atoms with Gasteiger partial charge in [0.2, 0.25) is 5.91 Å². The zero-order valence-electron chi connectivity index (χ0n) is 17.2. The van der Waals surface area contributed by atoms with Gasteiger partial charge in [-0.05, 0) is 37.9 Å². The first-order chi connectivity index (χ1) is 14.8. The van der Waals surface area contributed by atoms with Crippen LogP contribution in [0.5, 0.6) is 5.75 Å². The molecule has 1 heterocycles. The van der Waals surface area contributed by atoms with Crippen molar-refractivity contribution in [2.24, 2.45) is 11.7 Å². The Hall–Kier alpha value is -2.79. The summed E-state index contributed by atoms with van der Waals surface area (Å²) in [6.07, 6.45) is 3.15. The lowest BCUT2D eigenvalue weighted by atomic mass is 9.85. The first kappa shape index (κ1) is 22.9. The zero-order valence-corrected chi connectivity index (χ0v) is 17.2. The summed E-state index contributed by atoms with van der Waals surface area (Å²) in [5.74, 6) is -1.85. The number of hydrogen-bond donors (Lipinski definition) is 2. The number of ether oxygens (including phenoxy) is 2. The molecule has 1 aliphatic heterocycles. The number of rotatable bonds is 9. The molecule has 11 heteroatoms. The molecule has 1 saturated carbocycles. The Labute approximate surface area is 178 Å². The second kappa shape index (κ2) is 10.0. The van der Waals surface area contributed by atoms with Crippen LogP contribution in [0.15, 0.2) is 18.2 Å². The molecule has 170 valence electrons. The van der Waals surface area contributed by atoms with Gasteiger partial charge in [-0.1, -0.05) is 6.42 Å². The van der Waals surface area contributed by atoms with Crippen molar-refractivity contribution in [1.82, 2.24) is 4.90 Å². The SMILES string of the molecule is CN(CC1CCC1)[C@@H](C(N)=O)C(=O)Nc1ccc(N2CCOCC2=O)cc1OC(F)F. The Morgan fingerprint density at radius 3 is 2.71 bits per heavy atom. The molecule has 9 nitrogen and oxygen atoms in total. The number of nitrogens with zero attached hydrogens (tertiary/aromatic N) is 2. The topological polar surface area (TPSA) is 114 Å². The van der Waals surface area contributed by atoms with Crippen LogP contribution < -0.4 is 20.7 Å². The van der Waals surface area contributed by atoms with E-state index < -0.39 is 24.5 Å². The summed E-state index contributed by atoms with van der Waals surface area (Å²) in [5.41, 5.74) is 5.71. The number of likely N-dealkylation sites (N-methyl/N-ethyl adjacent to an activating group) is 1. The Bertz CT molecular complexity index is 834. The van der Waals surface area contributed by atoms with Crippen molar-refractivity contribution in [2.75, 3.05) is 43.6 Å². The number of morpholine rings is 1. The number of carbonyl (C=O) groups excluding carboxylic acids is 3. The first-order valence-electron chi connectivity index (χ1n) is 10.0. The minimum atomic E-state index is -3.15. The predicted octanol–water partition coefficient (Wildman–Crippen LogP) is 1.18. The van der Waals surface area contributed by atoms with E-state index in [4.69, 9.17) is 10.5 Å². The van der Waals surface area contributed by atoms with Crippen LogP contribution in [0.25, 0.3) is 0 Å². The van der Waals surface area contributed by atoms with Gasteiger partial charge in [-0.2, -0.15) is 8.78 Å². The molecule has 1 aliphatic carbocycles. The van der Waals surface area contributed by atoms with E-state index in [-0.39, 0.29) is 30.5 Å². The minimum absolute atomic E-state index is 0.0574. The number of halogens is 2. The average molecular weight is 440 g/mol. The van der Waals surface area contributed by atoms with Gasteiger partial charge in [-0.3, -0.25) is 19.3 Å². The Morgan fingerprint density at radius 1 is 1.39 bits per heavy atom. The molecular formula is C20H26F2N4O5. The lowest BCUT2D eigenvalue weighted by Gasteiger charge is -2.33. The number of primary amides is 1. The van der Waals surface area contributed by atoms with Gasteiger partial charge in [-0.15, -0.1) is 0 Å². The molecule has 0 radical (unpaired) electrons. The maximum absolute atomic E-state index is 13.0. The number of anilines is 2. The molecule has 2 fully saturated rings. The summed E-state index contributed by atoms with van der Waals surface area (Å²) in [7, 11) is 1.62. The second-order valence-corrected chi connectivity index (χ2v) is 7.69. The van der Waals surface area contributed by atoms with E-state index in [2.05, 4.69) is 10.1 Å². The highest BCUT2D eigenvalue weighted by Crippen LogP contribution is 2.32. The smallest absolute Gasteiger partial charge is 0.387 e. The molecule has 0 aromatic heterocycles. The molecular weight excluding hydrogens is 414 g/mol. The van der Waals surface area contributed by atoms with Crippen molar-refractivity contribution >= 4 is 29.1 Å². The molecule has 1 aromatic rings. The van der Waals surface area contributed by atoms with Gasteiger partial charge in [0.15, 0.2) is 11.8 Å². The molecule has 3 rings (SSSR count). The van der Waals surface area contributed by atoms with Gasteiger partial charge in [0.1, 0.15) is 6.61 Å². The number of amides is 3. The van der Waals surface area contributed by atoms with E-state index in [1.165, 1.54) is 23.1 Å². The van der Waals surface area contributed by atoms with Crippen LogP contribution in [-0.2, 0) is 19.1 Å². The normalized spacial score (nSPS) is 18.1. The standard InChI is InChI=1S/C20H26F2N4O5/c1-25(10-12-3-2-4-12)17(18(23)28)19(29)24-14-6-5-13(9-15(14)31-20(21)22)26-7-8-30-11-16(26)27/h5-6,9,12,17,20H,2-4,7-8,10-11H2,1H3,(H2,23,28)(H,24,29)/t17-/m0/s1. The van der Waals surface area contributed by atoms with Crippen LogP contribution in [0.4, 0.5) is 20.2 Å². The highest BCUT2D eigenvalue weighted by atomic mass is 19.3. The molecule has 1 aromatic carbocycles. The van der Waals surface area contributed by atoms with Crippen LogP contribution in [0.2, 0.25) is 0 Å². The van der Waals surface area contributed by atoms with E-state index in [0.717, 1.165) is 19.3 Å². The predicted molar refractivity (Wildman–Crippen MR) is 108 cm³/mol. The van der Waals surface area contributed by atoms with Crippen molar-refractivity contribution in [1.29, 1.82) is 0 Å². The van der Waals surface area contributed by atoms with E-state index in [1.807, 2.05) is 0 Å². The molecule has 3 N–H and O–H groups in total. The van der Waals surface area contributed by atoms with Crippen LogP contribution in [0.3, 0.4) is 0 Å². The van der Waals surface area contributed by atoms with Crippen molar-refractivity contribution in [2.45, 2.75) is 31.9 Å². The van der Waals surface area contributed by atoms with E-state index in [9.17, 15) is 23.2 Å². The van der Waals surface area contributed by atoms with Gasteiger partial charge < -0.3 is 25.4 Å². The average Bonchev–Trinajstić information content (AvgIpc) is 2.66. The fraction of sp³-hybridized carbons (Fsp3) is 0.550. The molecule has 3 amide bonds. The molecule has 1 atom stereocenters. The van der Waals surface area contributed by atoms with Crippen molar-refractivity contribution in [3.63, 3.8) is 0 Å². The number of carbonyl (C=O) groups is 3. The molecule has 0 bridgehead atoms. The highest BCUT2D eigenvalue weighted by Gasteiger charge is 2.32. The number of hydrogen-bond acceptors (Lipinski definition) is 6. The summed E-state index contributed by atoms with van der Waals surface area (Å²) in [5, 5.41) is 2.46. The summed E-state index contributed by atoms with van der Waals surface area (Å²) < 4.78 is 35.6. The van der Waals surface area contributed by atoms with Crippen molar-refractivity contribution in [3.8, 4) is 5.75 Å². The third kappa shape index (κ3) is 5.67. The monoisotopic (exact) mass is 440 g/mol. The summed E-state index contributed by atoms with van der Waals surface area (Å²) in [6.45, 7) is -2.17. The fourth-order valence-electron chi connectivity index (χ4n) is 3.70. The number of nitrogens with two attached hydrogens (primary N) is 1. The number of nitrogens with one attached hydrogen (secondary N) is 1.